The maximum Gasteiger partial charge on any atom is 0.309 e. The molecule has 0 radical (unpaired) electrons. The lowest BCUT2D eigenvalue weighted by Gasteiger charge is -2.54. The van der Waals surface area contributed by atoms with Crippen LogP contribution in [0.3, 0.4) is 0 Å². The standard InChI is InChI=1S/C16H20N2O2/c19-15(20)7-13-6-14(18-8-17-13)16-11-2-9-1-10(4-11)5-12(16)3-9/h6,8-12,16H,1-5,7H2,(H,19,20). The number of hydrogen-bond donors (Lipinski definition) is 1. The maximum atomic E-state index is 10.8. The Hall–Kier alpha value is -1.45. The first-order valence-corrected chi connectivity index (χ1v) is 7.71. The van der Waals surface area contributed by atoms with E-state index in [1.165, 1.54) is 32.1 Å². The van der Waals surface area contributed by atoms with E-state index in [0.29, 0.717) is 11.6 Å². The average molecular weight is 272 g/mol. The minimum Gasteiger partial charge on any atom is -0.481 e. The molecule has 4 aliphatic carbocycles. The highest BCUT2D eigenvalue weighted by molar-refractivity contribution is 5.69. The molecule has 0 unspecified atom stereocenters. The Bertz CT molecular complexity index is 515. The zero-order valence-corrected chi connectivity index (χ0v) is 11.5. The summed E-state index contributed by atoms with van der Waals surface area (Å²) in [6.45, 7) is 0. The summed E-state index contributed by atoms with van der Waals surface area (Å²) in [6.07, 6.45) is 8.44. The van der Waals surface area contributed by atoms with Crippen LogP contribution in [-0.4, -0.2) is 21.0 Å². The van der Waals surface area contributed by atoms with E-state index in [1.807, 2.05) is 6.07 Å². The Morgan fingerprint density at radius 2 is 1.75 bits per heavy atom. The smallest absolute Gasteiger partial charge is 0.309 e. The van der Waals surface area contributed by atoms with E-state index < -0.39 is 5.97 Å². The van der Waals surface area contributed by atoms with Crippen molar-refractivity contribution in [3.8, 4) is 0 Å². The van der Waals surface area contributed by atoms with Crippen LogP contribution in [0.5, 0.6) is 0 Å². The molecule has 1 aromatic rings. The zero-order chi connectivity index (χ0) is 13.7. The van der Waals surface area contributed by atoms with E-state index >= 15 is 0 Å². The molecule has 20 heavy (non-hydrogen) atoms. The lowest BCUT2D eigenvalue weighted by Crippen LogP contribution is -2.44. The predicted molar refractivity (Wildman–Crippen MR) is 73.2 cm³/mol. The number of aromatic nitrogens is 2. The predicted octanol–water partition coefficient (Wildman–Crippen LogP) is 2.64. The first-order valence-electron chi connectivity index (χ1n) is 7.71. The van der Waals surface area contributed by atoms with Gasteiger partial charge in [0.25, 0.3) is 0 Å². The van der Waals surface area contributed by atoms with Crippen molar-refractivity contribution in [3.63, 3.8) is 0 Å². The molecule has 1 aromatic heterocycles. The summed E-state index contributed by atoms with van der Waals surface area (Å²) >= 11 is 0. The van der Waals surface area contributed by atoms with Gasteiger partial charge in [-0.3, -0.25) is 4.79 Å². The Kier molecular flexibility index (Phi) is 2.79. The van der Waals surface area contributed by atoms with E-state index in [-0.39, 0.29) is 6.42 Å². The van der Waals surface area contributed by atoms with Crippen molar-refractivity contribution in [1.29, 1.82) is 0 Å². The second-order valence-electron chi connectivity index (χ2n) is 6.96. The largest absolute Gasteiger partial charge is 0.481 e. The van der Waals surface area contributed by atoms with Crippen LogP contribution in [-0.2, 0) is 11.2 Å². The quantitative estimate of drug-likeness (QED) is 0.918. The molecule has 4 aliphatic rings. The minimum absolute atomic E-state index is 0.00280. The van der Waals surface area contributed by atoms with E-state index in [4.69, 9.17) is 5.11 Å². The number of carbonyl (C=O) groups is 1. The summed E-state index contributed by atoms with van der Waals surface area (Å²) in [5, 5.41) is 8.91. The van der Waals surface area contributed by atoms with Crippen LogP contribution in [0, 0.1) is 23.7 Å². The normalized spacial score (nSPS) is 38.1. The molecule has 4 fully saturated rings. The highest BCUT2D eigenvalue weighted by Crippen LogP contribution is 2.59. The molecule has 1 N–H and O–H groups in total. The van der Waals surface area contributed by atoms with Crippen molar-refractivity contribution in [2.24, 2.45) is 23.7 Å². The number of nitrogens with zero attached hydrogens (tertiary/aromatic N) is 2. The van der Waals surface area contributed by atoms with Gasteiger partial charge in [0.2, 0.25) is 0 Å². The van der Waals surface area contributed by atoms with Gasteiger partial charge < -0.3 is 5.11 Å². The summed E-state index contributed by atoms with van der Waals surface area (Å²) < 4.78 is 0. The summed E-state index contributed by atoms with van der Waals surface area (Å²) in [4.78, 5) is 19.4. The first-order chi connectivity index (χ1) is 9.69. The van der Waals surface area contributed by atoms with Crippen molar-refractivity contribution >= 4 is 5.97 Å². The van der Waals surface area contributed by atoms with Crippen LogP contribution in [0.15, 0.2) is 12.4 Å². The summed E-state index contributed by atoms with van der Waals surface area (Å²) in [5.41, 5.74) is 1.75. The number of carboxylic acids is 1. The van der Waals surface area contributed by atoms with E-state index in [9.17, 15) is 4.79 Å². The molecule has 0 aliphatic heterocycles. The van der Waals surface area contributed by atoms with Gasteiger partial charge in [0.05, 0.1) is 12.1 Å². The lowest BCUT2D eigenvalue weighted by molar-refractivity contribution is -0.136. The van der Waals surface area contributed by atoms with Gasteiger partial charge in [-0.2, -0.15) is 0 Å². The third-order valence-electron chi connectivity index (χ3n) is 5.65. The van der Waals surface area contributed by atoms with E-state index in [2.05, 4.69) is 9.97 Å². The molecule has 1 heterocycles. The van der Waals surface area contributed by atoms with Crippen LogP contribution in [0.2, 0.25) is 0 Å². The second-order valence-corrected chi connectivity index (χ2v) is 6.96. The topological polar surface area (TPSA) is 63.1 Å². The molecular weight excluding hydrogens is 252 g/mol. The van der Waals surface area contributed by atoms with Crippen molar-refractivity contribution in [2.75, 3.05) is 0 Å². The third kappa shape index (κ3) is 2.02. The van der Waals surface area contributed by atoms with Gasteiger partial charge in [0, 0.05) is 11.6 Å². The Balaban J connectivity index is 1.62. The number of aliphatic carboxylic acids is 1. The number of rotatable bonds is 3. The summed E-state index contributed by atoms with van der Waals surface area (Å²) in [5.74, 6) is 3.19. The van der Waals surface area contributed by atoms with Crippen LogP contribution < -0.4 is 0 Å². The van der Waals surface area contributed by atoms with Crippen molar-refractivity contribution in [1.82, 2.24) is 9.97 Å². The zero-order valence-electron chi connectivity index (χ0n) is 11.5. The van der Waals surface area contributed by atoms with Gasteiger partial charge in [-0.05, 0) is 61.8 Å². The molecule has 4 heteroatoms. The molecule has 0 spiro atoms. The van der Waals surface area contributed by atoms with Crippen molar-refractivity contribution in [2.45, 2.75) is 44.4 Å². The van der Waals surface area contributed by atoms with Gasteiger partial charge in [0.15, 0.2) is 0 Å². The van der Waals surface area contributed by atoms with Crippen molar-refractivity contribution < 1.29 is 9.90 Å². The monoisotopic (exact) mass is 272 g/mol. The van der Waals surface area contributed by atoms with Crippen LogP contribution >= 0.6 is 0 Å². The van der Waals surface area contributed by atoms with Crippen LogP contribution in [0.4, 0.5) is 0 Å². The van der Waals surface area contributed by atoms with Gasteiger partial charge in [-0.1, -0.05) is 0 Å². The van der Waals surface area contributed by atoms with E-state index in [1.54, 1.807) is 6.33 Å². The molecule has 4 bridgehead atoms. The van der Waals surface area contributed by atoms with Gasteiger partial charge in [0.1, 0.15) is 6.33 Å². The second kappa shape index (κ2) is 4.54. The van der Waals surface area contributed by atoms with Crippen LogP contribution in [0.25, 0.3) is 0 Å². The SMILES string of the molecule is O=C(O)Cc1cc(C2C3CC4CC(C3)CC2C4)ncn1. The van der Waals surface area contributed by atoms with Gasteiger partial charge in [-0.15, -0.1) is 0 Å². The Morgan fingerprint density at radius 3 is 2.35 bits per heavy atom. The average Bonchev–Trinajstić information content (AvgIpc) is 2.37. The maximum absolute atomic E-state index is 10.8. The fourth-order valence-corrected chi connectivity index (χ4v) is 5.26. The molecule has 0 aromatic carbocycles. The summed E-state index contributed by atoms with van der Waals surface area (Å²) in [7, 11) is 0. The number of hydrogen-bond acceptors (Lipinski definition) is 3. The highest BCUT2D eigenvalue weighted by Gasteiger charge is 2.49. The molecule has 0 atom stereocenters. The third-order valence-corrected chi connectivity index (χ3v) is 5.65. The Labute approximate surface area is 118 Å². The summed E-state index contributed by atoms with van der Waals surface area (Å²) in [6, 6.07) is 1.95. The molecule has 0 saturated heterocycles. The van der Waals surface area contributed by atoms with Gasteiger partial charge in [-0.25, -0.2) is 9.97 Å². The lowest BCUT2D eigenvalue weighted by atomic mass is 9.51. The first kappa shape index (κ1) is 12.3. The molecular formula is C16H20N2O2. The van der Waals surface area contributed by atoms with Crippen LogP contribution in [0.1, 0.15) is 49.4 Å². The minimum atomic E-state index is -0.820. The fraction of sp³-hybridized carbons (Fsp3) is 0.688. The fourth-order valence-electron chi connectivity index (χ4n) is 5.26. The molecule has 4 nitrogen and oxygen atoms in total. The molecule has 4 saturated carbocycles. The van der Waals surface area contributed by atoms with Gasteiger partial charge >= 0.3 is 5.97 Å². The molecule has 5 rings (SSSR count). The van der Waals surface area contributed by atoms with Crippen molar-refractivity contribution in [3.05, 3.63) is 23.8 Å². The molecule has 0 amide bonds. The molecule has 106 valence electrons. The Morgan fingerprint density at radius 1 is 1.10 bits per heavy atom. The van der Waals surface area contributed by atoms with E-state index in [0.717, 1.165) is 29.4 Å². The highest BCUT2D eigenvalue weighted by atomic mass is 16.4. The number of carboxylic acid groups (broad SMARTS) is 1.